The Labute approximate surface area is 211 Å². The standard InChI is InChI=1S/C26H23N3O4S2/c1-32-22-12-11-18(13-23(22)33-2)25(31)27-19-9-6-10-20(14-19)34-16-24(30)29-26-28-21(15-35-26)17-7-4-3-5-8-17/h3-15H,16H2,1-2H3,(H,27,31)(H,28,29,30). The molecule has 4 rings (SSSR count). The molecule has 0 saturated heterocycles. The van der Waals surface area contributed by atoms with Gasteiger partial charge in [0.1, 0.15) is 0 Å². The SMILES string of the molecule is COc1ccc(C(=O)Nc2cccc(SCC(=O)Nc3nc(-c4ccccc4)cs3)c2)cc1OC. The molecule has 0 fully saturated rings. The molecule has 4 aromatic rings. The molecule has 9 heteroatoms. The summed E-state index contributed by atoms with van der Waals surface area (Å²) in [5.74, 6) is 0.821. The quantitative estimate of drug-likeness (QED) is 0.279. The van der Waals surface area contributed by atoms with E-state index in [-0.39, 0.29) is 17.6 Å². The summed E-state index contributed by atoms with van der Waals surface area (Å²) in [5.41, 5.74) is 2.91. The number of hydrogen-bond acceptors (Lipinski definition) is 7. The number of methoxy groups -OCH3 is 2. The number of amides is 2. The van der Waals surface area contributed by atoms with E-state index >= 15 is 0 Å². The van der Waals surface area contributed by atoms with Crippen LogP contribution in [-0.4, -0.2) is 36.8 Å². The van der Waals surface area contributed by atoms with E-state index in [1.807, 2.05) is 53.9 Å². The Balaban J connectivity index is 1.33. The van der Waals surface area contributed by atoms with Crippen molar-refractivity contribution in [3.8, 4) is 22.8 Å². The molecule has 0 spiro atoms. The third-order valence-electron chi connectivity index (χ3n) is 4.93. The van der Waals surface area contributed by atoms with Gasteiger partial charge in [-0.1, -0.05) is 36.4 Å². The monoisotopic (exact) mass is 505 g/mol. The molecular weight excluding hydrogens is 482 g/mol. The Kier molecular flexibility index (Phi) is 8.02. The lowest BCUT2D eigenvalue weighted by molar-refractivity contribution is -0.113. The number of thioether (sulfide) groups is 1. The Morgan fingerprint density at radius 3 is 2.49 bits per heavy atom. The predicted octanol–water partition coefficient (Wildman–Crippen LogP) is 5.81. The number of thiazole rings is 1. The molecule has 2 amide bonds. The van der Waals surface area contributed by atoms with E-state index in [4.69, 9.17) is 9.47 Å². The number of nitrogens with zero attached hydrogens (tertiary/aromatic N) is 1. The van der Waals surface area contributed by atoms with Gasteiger partial charge in [0.05, 0.1) is 25.7 Å². The molecule has 1 heterocycles. The zero-order valence-corrected chi connectivity index (χ0v) is 20.7. The molecule has 3 aromatic carbocycles. The maximum absolute atomic E-state index is 12.7. The van der Waals surface area contributed by atoms with Gasteiger partial charge in [-0.15, -0.1) is 23.1 Å². The summed E-state index contributed by atoms with van der Waals surface area (Å²) in [7, 11) is 3.06. The maximum Gasteiger partial charge on any atom is 0.255 e. The summed E-state index contributed by atoms with van der Waals surface area (Å²) in [6.07, 6.45) is 0. The second-order valence-corrected chi connectivity index (χ2v) is 9.20. The molecular formula is C26H23N3O4S2. The highest BCUT2D eigenvalue weighted by Crippen LogP contribution is 2.29. The highest BCUT2D eigenvalue weighted by Gasteiger charge is 2.12. The van der Waals surface area contributed by atoms with Crippen LogP contribution in [0.2, 0.25) is 0 Å². The molecule has 0 unspecified atom stereocenters. The van der Waals surface area contributed by atoms with Crippen molar-refractivity contribution in [3.63, 3.8) is 0 Å². The van der Waals surface area contributed by atoms with Crippen LogP contribution in [0.25, 0.3) is 11.3 Å². The summed E-state index contributed by atoms with van der Waals surface area (Å²) in [5, 5.41) is 8.20. The normalized spacial score (nSPS) is 10.5. The summed E-state index contributed by atoms with van der Waals surface area (Å²) in [6, 6.07) is 22.1. The zero-order valence-electron chi connectivity index (χ0n) is 19.1. The van der Waals surface area contributed by atoms with Gasteiger partial charge in [-0.2, -0.15) is 0 Å². The molecule has 2 N–H and O–H groups in total. The molecule has 0 aliphatic carbocycles. The van der Waals surface area contributed by atoms with Gasteiger partial charge in [0, 0.05) is 27.1 Å². The largest absolute Gasteiger partial charge is 0.493 e. The van der Waals surface area contributed by atoms with Gasteiger partial charge in [0.2, 0.25) is 5.91 Å². The predicted molar refractivity (Wildman–Crippen MR) is 141 cm³/mol. The number of ether oxygens (including phenoxy) is 2. The van der Waals surface area contributed by atoms with Crippen molar-refractivity contribution in [3.05, 3.63) is 83.7 Å². The molecule has 0 aliphatic heterocycles. The fourth-order valence-corrected chi connectivity index (χ4v) is 4.71. The van der Waals surface area contributed by atoms with Crippen LogP contribution in [0.1, 0.15) is 10.4 Å². The molecule has 0 aliphatic rings. The number of carbonyl (C=O) groups is 2. The fraction of sp³-hybridized carbons (Fsp3) is 0.115. The summed E-state index contributed by atoms with van der Waals surface area (Å²) < 4.78 is 10.5. The van der Waals surface area contributed by atoms with E-state index in [1.165, 1.54) is 30.2 Å². The number of hydrogen-bond donors (Lipinski definition) is 2. The minimum absolute atomic E-state index is 0.149. The van der Waals surface area contributed by atoms with Crippen molar-refractivity contribution in [1.82, 2.24) is 4.98 Å². The first-order valence-corrected chi connectivity index (χ1v) is 12.5. The second kappa shape index (κ2) is 11.5. The summed E-state index contributed by atoms with van der Waals surface area (Å²) >= 11 is 2.77. The van der Waals surface area contributed by atoms with Crippen LogP contribution >= 0.6 is 23.1 Å². The minimum Gasteiger partial charge on any atom is -0.493 e. The number of aromatic nitrogens is 1. The van der Waals surface area contributed by atoms with Crippen LogP contribution in [0.5, 0.6) is 11.5 Å². The van der Waals surface area contributed by atoms with Crippen LogP contribution in [-0.2, 0) is 4.79 Å². The van der Waals surface area contributed by atoms with E-state index in [1.54, 1.807) is 31.4 Å². The van der Waals surface area contributed by atoms with Crippen LogP contribution in [0.15, 0.2) is 83.1 Å². The van der Waals surface area contributed by atoms with Crippen LogP contribution in [0.4, 0.5) is 10.8 Å². The van der Waals surface area contributed by atoms with Gasteiger partial charge in [-0.25, -0.2) is 4.98 Å². The molecule has 0 atom stereocenters. The molecule has 178 valence electrons. The van der Waals surface area contributed by atoms with Gasteiger partial charge >= 0.3 is 0 Å². The summed E-state index contributed by atoms with van der Waals surface area (Å²) in [6.45, 7) is 0. The fourth-order valence-electron chi connectivity index (χ4n) is 3.22. The van der Waals surface area contributed by atoms with Gasteiger partial charge in [0.15, 0.2) is 16.6 Å². The average Bonchev–Trinajstić information content (AvgIpc) is 3.36. The Morgan fingerprint density at radius 2 is 1.71 bits per heavy atom. The van der Waals surface area contributed by atoms with E-state index in [2.05, 4.69) is 15.6 Å². The van der Waals surface area contributed by atoms with E-state index in [9.17, 15) is 9.59 Å². The van der Waals surface area contributed by atoms with Crippen LogP contribution < -0.4 is 20.1 Å². The molecule has 7 nitrogen and oxygen atoms in total. The van der Waals surface area contributed by atoms with Crippen molar-refractivity contribution in [1.29, 1.82) is 0 Å². The van der Waals surface area contributed by atoms with Crippen molar-refractivity contribution < 1.29 is 19.1 Å². The van der Waals surface area contributed by atoms with Crippen LogP contribution in [0.3, 0.4) is 0 Å². The van der Waals surface area contributed by atoms with Crippen molar-refractivity contribution in [2.24, 2.45) is 0 Å². The molecule has 0 radical (unpaired) electrons. The van der Waals surface area contributed by atoms with Crippen molar-refractivity contribution >= 4 is 45.7 Å². The Morgan fingerprint density at radius 1 is 0.914 bits per heavy atom. The minimum atomic E-state index is -0.274. The lowest BCUT2D eigenvalue weighted by atomic mass is 10.2. The number of nitrogens with one attached hydrogen (secondary N) is 2. The topological polar surface area (TPSA) is 89.5 Å². The maximum atomic E-state index is 12.7. The lowest BCUT2D eigenvalue weighted by Gasteiger charge is -2.10. The van der Waals surface area contributed by atoms with E-state index < -0.39 is 0 Å². The van der Waals surface area contributed by atoms with E-state index in [0.717, 1.165) is 16.2 Å². The van der Waals surface area contributed by atoms with Gasteiger partial charge < -0.3 is 20.1 Å². The van der Waals surface area contributed by atoms with E-state index in [0.29, 0.717) is 27.9 Å². The molecule has 0 saturated carbocycles. The lowest BCUT2D eigenvalue weighted by Crippen LogP contribution is -2.14. The van der Waals surface area contributed by atoms with Gasteiger partial charge in [-0.3, -0.25) is 9.59 Å². The smallest absolute Gasteiger partial charge is 0.255 e. The second-order valence-electron chi connectivity index (χ2n) is 7.29. The molecule has 0 bridgehead atoms. The Hall–Kier alpha value is -3.82. The highest BCUT2D eigenvalue weighted by atomic mass is 32.2. The van der Waals surface area contributed by atoms with Gasteiger partial charge in [0.25, 0.3) is 5.91 Å². The third kappa shape index (κ3) is 6.40. The van der Waals surface area contributed by atoms with Crippen molar-refractivity contribution in [2.45, 2.75) is 4.90 Å². The average molecular weight is 506 g/mol. The Bertz CT molecular complexity index is 1330. The zero-order chi connectivity index (χ0) is 24.6. The first kappa shape index (κ1) is 24.3. The molecule has 35 heavy (non-hydrogen) atoms. The van der Waals surface area contributed by atoms with Crippen molar-refractivity contribution in [2.75, 3.05) is 30.6 Å². The summed E-state index contributed by atoms with van der Waals surface area (Å²) in [4.78, 5) is 30.5. The molecule has 1 aromatic heterocycles. The number of anilines is 2. The van der Waals surface area contributed by atoms with Crippen LogP contribution in [0, 0.1) is 0 Å². The first-order chi connectivity index (χ1) is 17.1. The number of carbonyl (C=O) groups excluding carboxylic acids is 2. The third-order valence-corrected chi connectivity index (χ3v) is 6.68. The first-order valence-electron chi connectivity index (χ1n) is 10.6. The highest BCUT2D eigenvalue weighted by molar-refractivity contribution is 8.00. The number of benzene rings is 3. The number of rotatable bonds is 9. The van der Waals surface area contributed by atoms with Gasteiger partial charge in [-0.05, 0) is 36.4 Å².